The van der Waals surface area contributed by atoms with Crippen molar-refractivity contribution in [3.63, 3.8) is 0 Å². The van der Waals surface area contributed by atoms with E-state index < -0.39 is 0 Å². The molecule has 0 heterocycles. The first-order valence-electron chi connectivity index (χ1n) is 5.54. The van der Waals surface area contributed by atoms with E-state index in [0.717, 1.165) is 0 Å². The molecule has 0 spiro atoms. The molecule has 16 heavy (non-hydrogen) atoms. The summed E-state index contributed by atoms with van der Waals surface area (Å²) in [6.07, 6.45) is 0. The predicted molar refractivity (Wildman–Crippen MR) is 71.4 cm³/mol. The molecule has 1 heteroatoms. The van der Waals surface area contributed by atoms with Crippen LogP contribution in [-0.2, 0) is 0 Å². The van der Waals surface area contributed by atoms with Crippen LogP contribution < -0.4 is 4.46 Å². The van der Waals surface area contributed by atoms with Gasteiger partial charge in [0, 0.05) is 0 Å². The van der Waals surface area contributed by atoms with Crippen LogP contribution in [0.1, 0.15) is 22.9 Å². The second-order valence-corrected chi connectivity index (χ2v) is 6.95. The minimum absolute atomic E-state index is 0.524. The zero-order valence-corrected chi connectivity index (χ0v) is 11.4. The van der Waals surface area contributed by atoms with E-state index in [1.54, 1.807) is 0 Å². The monoisotopic (exact) mass is 276 g/mol. The van der Waals surface area contributed by atoms with E-state index in [2.05, 4.69) is 68.4 Å². The molecule has 0 fully saturated rings. The Kier molecular flexibility index (Phi) is 3.82. The van der Waals surface area contributed by atoms with Crippen LogP contribution in [0.4, 0.5) is 0 Å². The Morgan fingerprint density at radius 2 is 1.50 bits per heavy atom. The zero-order chi connectivity index (χ0) is 11.4. The Bertz CT molecular complexity index is 431. The van der Waals surface area contributed by atoms with E-state index >= 15 is 0 Å². The van der Waals surface area contributed by atoms with Crippen LogP contribution in [0.5, 0.6) is 0 Å². The number of hydrogen-bond acceptors (Lipinski definition) is 0. The summed E-state index contributed by atoms with van der Waals surface area (Å²) in [5.74, 6) is 0. The molecule has 0 aliphatic heterocycles. The van der Waals surface area contributed by atoms with Gasteiger partial charge in [-0.25, -0.2) is 0 Å². The molecule has 0 unspecified atom stereocenters. The zero-order valence-electron chi connectivity index (χ0n) is 9.68. The molecule has 0 saturated heterocycles. The summed E-state index contributed by atoms with van der Waals surface area (Å²) in [4.78, 5) is 0.649. The molecule has 0 aliphatic carbocycles. The van der Waals surface area contributed by atoms with Crippen LogP contribution in [0.15, 0.2) is 54.6 Å². The maximum atomic E-state index is 2.32. The number of aryl methyl sites for hydroxylation is 1. The molecule has 0 N–H and O–H groups in total. The van der Waals surface area contributed by atoms with Crippen LogP contribution in [0.3, 0.4) is 0 Å². The summed E-state index contributed by atoms with van der Waals surface area (Å²) < 4.78 is 1.48. The van der Waals surface area contributed by atoms with E-state index in [9.17, 15) is 0 Å². The maximum absolute atomic E-state index is 2.32. The second-order valence-electron chi connectivity index (χ2n) is 3.98. The topological polar surface area (TPSA) is 0 Å². The van der Waals surface area contributed by atoms with Gasteiger partial charge in [0.25, 0.3) is 0 Å². The summed E-state index contributed by atoms with van der Waals surface area (Å²) in [7, 11) is 0. The average Bonchev–Trinajstić information content (AvgIpc) is 2.31. The molecule has 0 bridgehead atoms. The van der Waals surface area contributed by atoms with Crippen molar-refractivity contribution >= 4 is 19.4 Å². The van der Waals surface area contributed by atoms with Crippen molar-refractivity contribution in [3.05, 3.63) is 65.7 Å². The third-order valence-corrected chi connectivity index (χ3v) is 5.06. The van der Waals surface area contributed by atoms with Crippen molar-refractivity contribution in [1.29, 1.82) is 0 Å². The van der Waals surface area contributed by atoms with Crippen molar-refractivity contribution in [2.45, 2.75) is 18.7 Å². The van der Waals surface area contributed by atoms with E-state index in [4.69, 9.17) is 0 Å². The first-order chi connectivity index (χ1) is 7.75. The summed E-state index contributed by atoms with van der Waals surface area (Å²) in [5, 5.41) is 0. The van der Waals surface area contributed by atoms with Gasteiger partial charge in [0.15, 0.2) is 0 Å². The summed E-state index contributed by atoms with van der Waals surface area (Å²) in [6.45, 7) is 4.45. The number of hydrogen-bond donors (Lipinski definition) is 0. The van der Waals surface area contributed by atoms with Crippen molar-refractivity contribution in [1.82, 2.24) is 0 Å². The van der Waals surface area contributed by atoms with Gasteiger partial charge in [-0.15, -0.1) is 0 Å². The molecule has 0 nitrogen and oxygen atoms in total. The molecule has 0 saturated carbocycles. The van der Waals surface area contributed by atoms with Crippen molar-refractivity contribution < 1.29 is 0 Å². The predicted octanol–water partition coefficient (Wildman–Crippen LogP) is 3.09. The van der Waals surface area contributed by atoms with Gasteiger partial charge in [-0.05, 0) is 0 Å². The minimum atomic E-state index is 0.524. The molecule has 0 radical (unpaired) electrons. The van der Waals surface area contributed by atoms with Crippen LogP contribution in [0.2, 0.25) is 0 Å². The Hall–Kier alpha value is -1.04. The third-order valence-electron chi connectivity index (χ3n) is 2.60. The normalized spacial score (nSPS) is 12.4. The Balaban J connectivity index is 2.09. The van der Waals surface area contributed by atoms with Gasteiger partial charge < -0.3 is 0 Å². The van der Waals surface area contributed by atoms with Gasteiger partial charge in [-0.3, -0.25) is 0 Å². The van der Waals surface area contributed by atoms with Gasteiger partial charge in [0.2, 0.25) is 0 Å². The van der Waals surface area contributed by atoms with Gasteiger partial charge in [-0.1, -0.05) is 0 Å². The molecular weight excluding hydrogens is 259 g/mol. The molecular formula is C15H16Se. The fourth-order valence-electron chi connectivity index (χ4n) is 1.61. The first kappa shape index (κ1) is 11.4. The Morgan fingerprint density at radius 1 is 0.875 bits per heavy atom. The van der Waals surface area contributed by atoms with E-state index in [-0.39, 0.29) is 0 Å². The van der Waals surface area contributed by atoms with Gasteiger partial charge in [-0.2, -0.15) is 0 Å². The molecule has 0 amide bonds. The fourth-order valence-corrected chi connectivity index (χ4v) is 3.74. The molecule has 0 aromatic heterocycles. The Labute approximate surface area is 104 Å². The van der Waals surface area contributed by atoms with Gasteiger partial charge in [0.05, 0.1) is 0 Å². The van der Waals surface area contributed by atoms with Crippen molar-refractivity contribution in [2.75, 3.05) is 0 Å². The summed E-state index contributed by atoms with van der Waals surface area (Å²) >= 11 is 0.524. The molecule has 2 aromatic rings. The standard InChI is InChI=1S/C15H16Se/c1-12-8-10-14(11-9-12)13(2)16-15-6-4-3-5-7-15/h3-11,13H,1-2H3/t13-/m1/s1. The number of benzene rings is 2. The summed E-state index contributed by atoms with van der Waals surface area (Å²) in [6, 6.07) is 19.7. The average molecular weight is 275 g/mol. The van der Waals surface area contributed by atoms with Gasteiger partial charge >= 0.3 is 104 Å². The third kappa shape index (κ3) is 2.98. The quantitative estimate of drug-likeness (QED) is 0.755. The van der Waals surface area contributed by atoms with Crippen LogP contribution in [0.25, 0.3) is 0 Å². The van der Waals surface area contributed by atoms with E-state index in [1.807, 2.05) is 0 Å². The first-order valence-corrected chi connectivity index (χ1v) is 7.38. The van der Waals surface area contributed by atoms with Crippen molar-refractivity contribution in [2.24, 2.45) is 0 Å². The molecule has 0 aliphatic rings. The molecule has 1 atom stereocenters. The van der Waals surface area contributed by atoms with Crippen molar-refractivity contribution in [3.8, 4) is 0 Å². The molecule has 82 valence electrons. The van der Waals surface area contributed by atoms with Gasteiger partial charge in [0.1, 0.15) is 0 Å². The fraction of sp³-hybridized carbons (Fsp3) is 0.200. The molecule has 2 aromatic carbocycles. The Morgan fingerprint density at radius 3 is 2.12 bits per heavy atom. The van der Waals surface area contributed by atoms with Crippen LogP contribution in [-0.4, -0.2) is 15.0 Å². The second kappa shape index (κ2) is 5.34. The molecule has 2 rings (SSSR count). The van der Waals surface area contributed by atoms with E-state index in [1.165, 1.54) is 15.6 Å². The SMILES string of the molecule is Cc1ccc([C@@H](C)[Se]c2ccccc2)cc1. The van der Waals surface area contributed by atoms with Crippen LogP contribution >= 0.6 is 0 Å². The van der Waals surface area contributed by atoms with E-state index in [0.29, 0.717) is 19.8 Å². The van der Waals surface area contributed by atoms with Crippen LogP contribution in [0, 0.1) is 6.92 Å². The number of rotatable bonds is 3. The summed E-state index contributed by atoms with van der Waals surface area (Å²) in [5.41, 5.74) is 2.79.